The first kappa shape index (κ1) is 22.0. The van der Waals surface area contributed by atoms with Crippen LogP contribution in [0.25, 0.3) is 16.6 Å². The Kier molecular flexibility index (Phi) is 6.63. The summed E-state index contributed by atoms with van der Waals surface area (Å²) < 4.78 is 1.96. The van der Waals surface area contributed by atoms with Crippen LogP contribution in [0.15, 0.2) is 54.9 Å². The number of aromatic nitrogens is 2. The van der Waals surface area contributed by atoms with Crippen LogP contribution < -0.4 is 4.90 Å². The maximum absolute atomic E-state index is 12.3. The number of rotatable bonds is 4. The number of benzene rings is 1. The Morgan fingerprint density at radius 1 is 0.939 bits per heavy atom. The Morgan fingerprint density at radius 3 is 2.30 bits per heavy atom. The van der Waals surface area contributed by atoms with Crippen molar-refractivity contribution in [2.24, 2.45) is 5.92 Å². The first-order valence-corrected chi connectivity index (χ1v) is 12.5. The molecule has 1 saturated carbocycles. The lowest BCUT2D eigenvalue weighted by atomic mass is 10.1. The minimum atomic E-state index is 0.313. The van der Waals surface area contributed by atoms with Crippen LogP contribution in [0.1, 0.15) is 32.6 Å². The molecule has 4 heterocycles. The molecule has 33 heavy (non-hydrogen) atoms. The summed E-state index contributed by atoms with van der Waals surface area (Å²) in [5.74, 6) is 0.673. The van der Waals surface area contributed by atoms with Crippen molar-refractivity contribution in [1.29, 1.82) is 0 Å². The second-order valence-electron chi connectivity index (χ2n) is 9.37. The molecule has 1 aromatic carbocycles. The predicted molar refractivity (Wildman–Crippen MR) is 133 cm³/mol. The van der Waals surface area contributed by atoms with Crippen molar-refractivity contribution in [3.63, 3.8) is 0 Å². The molecule has 0 N–H and O–H groups in total. The second-order valence-corrected chi connectivity index (χ2v) is 9.37. The average Bonchev–Trinajstić information content (AvgIpc) is 3.40. The quantitative estimate of drug-likeness (QED) is 0.605. The lowest BCUT2D eigenvalue weighted by Gasteiger charge is -2.36. The lowest BCUT2D eigenvalue weighted by molar-refractivity contribution is -0.132. The minimum absolute atomic E-state index is 0.313. The van der Waals surface area contributed by atoms with E-state index in [0.29, 0.717) is 11.8 Å². The summed E-state index contributed by atoms with van der Waals surface area (Å²) in [6, 6.07) is 14.7. The molecule has 0 bridgehead atoms. The monoisotopic (exact) mass is 445 g/mol. The van der Waals surface area contributed by atoms with Gasteiger partial charge in [0.05, 0.1) is 11.2 Å². The molecule has 0 atom stereocenters. The highest BCUT2D eigenvalue weighted by Gasteiger charge is 2.34. The average molecular weight is 446 g/mol. The smallest absolute Gasteiger partial charge is 0.225 e. The van der Waals surface area contributed by atoms with Gasteiger partial charge in [0, 0.05) is 50.1 Å². The van der Waals surface area contributed by atoms with Gasteiger partial charge in [0.2, 0.25) is 5.91 Å². The van der Waals surface area contributed by atoms with Gasteiger partial charge in [0.15, 0.2) is 0 Å². The number of likely N-dealkylation sites (tertiary alicyclic amines) is 1. The van der Waals surface area contributed by atoms with Crippen molar-refractivity contribution in [3.05, 3.63) is 54.9 Å². The van der Waals surface area contributed by atoms with Crippen LogP contribution in [0, 0.1) is 5.92 Å². The fraction of sp³-hybridized carbons (Fsp3) is 0.481. The number of anilines is 1. The van der Waals surface area contributed by atoms with Gasteiger partial charge in [0.25, 0.3) is 0 Å². The molecule has 3 aliphatic rings. The molecule has 2 saturated heterocycles. The third-order valence-electron chi connectivity index (χ3n) is 7.10. The fourth-order valence-corrected chi connectivity index (χ4v) is 4.91. The van der Waals surface area contributed by atoms with E-state index in [-0.39, 0.29) is 0 Å². The summed E-state index contributed by atoms with van der Waals surface area (Å²) in [4.78, 5) is 19.2. The van der Waals surface area contributed by atoms with Gasteiger partial charge < -0.3 is 14.7 Å². The van der Waals surface area contributed by atoms with Crippen LogP contribution in [0.4, 0.5) is 5.69 Å². The van der Waals surface area contributed by atoms with Crippen molar-refractivity contribution in [3.8, 4) is 11.1 Å². The Morgan fingerprint density at radius 2 is 1.67 bits per heavy atom. The Balaban J connectivity index is 0.000000281. The number of piperazine rings is 1. The highest BCUT2D eigenvalue weighted by atomic mass is 16.2. The van der Waals surface area contributed by atoms with E-state index in [4.69, 9.17) is 0 Å². The van der Waals surface area contributed by atoms with Crippen LogP contribution in [0.5, 0.6) is 0 Å². The highest BCUT2D eigenvalue weighted by Crippen LogP contribution is 2.32. The van der Waals surface area contributed by atoms with E-state index in [0.717, 1.165) is 44.5 Å². The number of fused-ring (bicyclic) bond motifs is 1. The molecule has 0 unspecified atom stereocenters. The molecule has 3 fully saturated rings. The van der Waals surface area contributed by atoms with Gasteiger partial charge in [-0.15, -0.1) is 0 Å². The van der Waals surface area contributed by atoms with Gasteiger partial charge in [0.1, 0.15) is 0 Å². The van der Waals surface area contributed by atoms with E-state index in [1.54, 1.807) is 0 Å². The molecule has 3 aromatic rings. The SMILES string of the molecule is CCN1CCCC1.O=C(C1CC1)N1CCN(c2ccnn3cc(-c4ccccc4)cc23)CC1. The molecule has 6 nitrogen and oxygen atoms in total. The number of amides is 1. The van der Waals surface area contributed by atoms with Crippen LogP contribution in [0.2, 0.25) is 0 Å². The van der Waals surface area contributed by atoms with Crippen molar-refractivity contribution in [2.75, 3.05) is 50.7 Å². The molecule has 1 amide bonds. The normalized spacial score (nSPS) is 18.9. The predicted octanol–water partition coefficient (Wildman–Crippen LogP) is 4.16. The number of hydrogen-bond donors (Lipinski definition) is 0. The number of carbonyl (C=O) groups excluding carboxylic acids is 1. The Bertz CT molecular complexity index is 1060. The Hall–Kier alpha value is -2.86. The van der Waals surface area contributed by atoms with E-state index >= 15 is 0 Å². The van der Waals surface area contributed by atoms with E-state index in [2.05, 4.69) is 64.4 Å². The van der Waals surface area contributed by atoms with Gasteiger partial charge >= 0.3 is 0 Å². The van der Waals surface area contributed by atoms with Crippen LogP contribution in [-0.4, -0.2) is 71.1 Å². The maximum Gasteiger partial charge on any atom is 0.225 e. The highest BCUT2D eigenvalue weighted by molar-refractivity contribution is 5.82. The summed E-state index contributed by atoms with van der Waals surface area (Å²) in [6.07, 6.45) is 8.95. The lowest BCUT2D eigenvalue weighted by Crippen LogP contribution is -2.49. The van der Waals surface area contributed by atoms with Crippen molar-refractivity contribution in [1.82, 2.24) is 19.4 Å². The van der Waals surface area contributed by atoms with Crippen molar-refractivity contribution < 1.29 is 4.79 Å². The van der Waals surface area contributed by atoms with Crippen LogP contribution in [0.3, 0.4) is 0 Å². The number of hydrogen-bond acceptors (Lipinski definition) is 4. The topological polar surface area (TPSA) is 44.1 Å². The molecule has 2 aliphatic heterocycles. The zero-order valence-electron chi connectivity index (χ0n) is 19.7. The Labute approximate surface area is 196 Å². The number of carbonyl (C=O) groups is 1. The first-order valence-electron chi connectivity index (χ1n) is 12.5. The summed E-state index contributed by atoms with van der Waals surface area (Å²) in [6.45, 7) is 9.55. The van der Waals surface area contributed by atoms with Crippen LogP contribution in [-0.2, 0) is 4.79 Å². The van der Waals surface area contributed by atoms with Gasteiger partial charge in [-0.25, -0.2) is 4.52 Å². The van der Waals surface area contributed by atoms with Gasteiger partial charge in [-0.2, -0.15) is 5.10 Å². The van der Waals surface area contributed by atoms with E-state index in [1.807, 2.05) is 21.7 Å². The summed E-state index contributed by atoms with van der Waals surface area (Å²) >= 11 is 0. The molecule has 1 aliphatic carbocycles. The zero-order valence-corrected chi connectivity index (χ0v) is 19.7. The standard InChI is InChI=1S/C21H22N4O.C6H13N/c26-21(17-6-7-17)24-12-10-23(11-13-24)19-8-9-22-25-15-18(14-20(19)25)16-4-2-1-3-5-16;1-2-7-5-3-4-6-7/h1-5,8-9,14-15,17H,6-7,10-13H2;2-6H2,1H3. The number of nitrogens with zero attached hydrogens (tertiary/aromatic N) is 5. The first-order chi connectivity index (χ1) is 16.2. The molecular formula is C27H35N5O. The molecule has 6 rings (SSSR count). The zero-order chi connectivity index (χ0) is 22.6. The third-order valence-corrected chi connectivity index (χ3v) is 7.10. The molecule has 174 valence electrons. The van der Waals surface area contributed by atoms with Crippen molar-refractivity contribution >= 4 is 17.1 Å². The largest absolute Gasteiger partial charge is 0.366 e. The second kappa shape index (κ2) is 9.96. The fourth-order valence-electron chi connectivity index (χ4n) is 4.91. The molecule has 0 spiro atoms. The molecule has 0 radical (unpaired) electrons. The van der Waals surface area contributed by atoms with Gasteiger partial charge in [-0.3, -0.25) is 4.79 Å². The van der Waals surface area contributed by atoms with E-state index < -0.39 is 0 Å². The molecule has 2 aromatic heterocycles. The van der Waals surface area contributed by atoms with Crippen molar-refractivity contribution in [2.45, 2.75) is 32.6 Å². The summed E-state index contributed by atoms with van der Waals surface area (Å²) in [5, 5.41) is 4.48. The maximum atomic E-state index is 12.3. The molecule has 6 heteroatoms. The van der Waals surface area contributed by atoms with Gasteiger partial charge in [-0.05, 0) is 63.0 Å². The van der Waals surface area contributed by atoms with Gasteiger partial charge in [-0.1, -0.05) is 37.3 Å². The van der Waals surface area contributed by atoms with Crippen LogP contribution >= 0.6 is 0 Å². The van der Waals surface area contributed by atoms with E-state index in [9.17, 15) is 4.79 Å². The van der Waals surface area contributed by atoms with E-state index in [1.165, 1.54) is 49.3 Å². The summed E-state index contributed by atoms with van der Waals surface area (Å²) in [5.41, 5.74) is 4.69. The summed E-state index contributed by atoms with van der Waals surface area (Å²) in [7, 11) is 0. The molecular weight excluding hydrogens is 410 g/mol. The third kappa shape index (κ3) is 5.06. The minimum Gasteiger partial charge on any atom is -0.366 e.